The third kappa shape index (κ3) is 4.77. The lowest BCUT2D eigenvalue weighted by Crippen LogP contribution is -2.65. The van der Waals surface area contributed by atoms with Crippen molar-refractivity contribution in [2.45, 2.75) is 44.2 Å². The van der Waals surface area contributed by atoms with Gasteiger partial charge in [0.15, 0.2) is 0 Å². The number of carbonyl (C=O) groups excluding carboxylic acids is 2. The quantitative estimate of drug-likeness (QED) is 0.587. The maximum absolute atomic E-state index is 13.1. The Kier molecular flexibility index (Phi) is 6.88. The maximum atomic E-state index is 13.1. The molecule has 1 aliphatic heterocycles. The number of hydrogen-bond acceptors (Lipinski definition) is 5. The molecule has 8 nitrogen and oxygen atoms in total. The minimum atomic E-state index is -1.12. The van der Waals surface area contributed by atoms with Crippen LogP contribution in [0.5, 0.6) is 0 Å². The zero-order valence-electron chi connectivity index (χ0n) is 19.5. The molecule has 4 rings (SSSR count). The molecule has 2 aliphatic rings. The van der Waals surface area contributed by atoms with Crippen LogP contribution in [0.25, 0.3) is 11.1 Å². The predicted octanol–water partition coefficient (Wildman–Crippen LogP) is 3.40. The van der Waals surface area contributed by atoms with E-state index in [2.05, 4.69) is 29.6 Å². The van der Waals surface area contributed by atoms with Crippen molar-refractivity contribution in [2.24, 2.45) is 0 Å². The van der Waals surface area contributed by atoms with Crippen LogP contribution in [0, 0.1) is 0 Å². The Bertz CT molecular complexity index is 1030. The zero-order chi connectivity index (χ0) is 24.3. The second-order valence-corrected chi connectivity index (χ2v) is 9.07. The predicted molar refractivity (Wildman–Crippen MR) is 125 cm³/mol. The molecule has 0 saturated carbocycles. The average Bonchev–Trinajstić information content (AvgIpc) is 3.10. The molecule has 0 spiro atoms. The first kappa shape index (κ1) is 23.8. The van der Waals surface area contributed by atoms with E-state index in [0.29, 0.717) is 25.9 Å². The summed E-state index contributed by atoms with van der Waals surface area (Å²) < 4.78 is 10.9. The number of nitrogens with zero attached hydrogens (tertiary/aromatic N) is 1. The van der Waals surface area contributed by atoms with Gasteiger partial charge >= 0.3 is 12.1 Å². The summed E-state index contributed by atoms with van der Waals surface area (Å²) in [7, 11) is 0. The number of ether oxygens (including phenoxy) is 2. The number of carbonyl (C=O) groups is 3. The van der Waals surface area contributed by atoms with Gasteiger partial charge in [-0.3, -0.25) is 4.79 Å². The van der Waals surface area contributed by atoms with Gasteiger partial charge in [0, 0.05) is 19.0 Å². The fourth-order valence-corrected chi connectivity index (χ4v) is 4.83. The molecule has 0 bridgehead atoms. The first-order chi connectivity index (χ1) is 16.3. The Morgan fingerprint density at radius 1 is 1.06 bits per heavy atom. The number of alkyl carbamates (subject to hydrolysis) is 1. The van der Waals surface area contributed by atoms with Crippen LogP contribution in [0.2, 0.25) is 0 Å². The van der Waals surface area contributed by atoms with E-state index in [1.54, 1.807) is 11.8 Å². The van der Waals surface area contributed by atoms with E-state index in [4.69, 9.17) is 14.6 Å². The van der Waals surface area contributed by atoms with Crippen LogP contribution >= 0.6 is 0 Å². The van der Waals surface area contributed by atoms with Gasteiger partial charge in [0.25, 0.3) is 0 Å². The number of aliphatic carboxylic acids is 1. The third-order valence-electron chi connectivity index (χ3n) is 6.52. The summed E-state index contributed by atoms with van der Waals surface area (Å²) in [6, 6.07) is 16.2. The summed E-state index contributed by atoms with van der Waals surface area (Å²) in [5.41, 5.74) is 3.43. The van der Waals surface area contributed by atoms with Crippen molar-refractivity contribution in [1.82, 2.24) is 10.2 Å². The van der Waals surface area contributed by atoms with Crippen molar-refractivity contribution in [3.05, 3.63) is 59.7 Å². The number of benzene rings is 2. The molecule has 1 unspecified atom stereocenters. The van der Waals surface area contributed by atoms with Crippen molar-refractivity contribution in [3.63, 3.8) is 0 Å². The van der Waals surface area contributed by atoms with Gasteiger partial charge in [0.2, 0.25) is 5.91 Å². The van der Waals surface area contributed by atoms with Gasteiger partial charge in [0.05, 0.1) is 6.10 Å². The monoisotopic (exact) mass is 466 g/mol. The van der Waals surface area contributed by atoms with Crippen molar-refractivity contribution < 1.29 is 29.0 Å². The molecule has 1 aliphatic carbocycles. The van der Waals surface area contributed by atoms with Crippen LogP contribution in [0.3, 0.4) is 0 Å². The Morgan fingerprint density at radius 3 is 2.21 bits per heavy atom. The number of nitrogens with one attached hydrogen (secondary N) is 1. The number of carboxylic acid groups (broad SMARTS) is 1. The lowest BCUT2D eigenvalue weighted by atomic mass is 9.92. The zero-order valence-corrected chi connectivity index (χ0v) is 19.5. The molecule has 0 radical (unpaired) electrons. The molecule has 1 saturated heterocycles. The van der Waals surface area contributed by atoms with E-state index < -0.39 is 24.2 Å². The molecule has 8 heteroatoms. The standard InChI is InChI=1S/C26H30N2O6/c1-3-12-26(2,24(31)28-13-17(14-28)33-16-23(29)30)27-25(32)34-15-22-20-10-6-4-8-18(20)19-9-5-7-11-21(19)22/h4-11,17,22H,3,12-16H2,1-2H3,(H,27,32)(H,29,30). The first-order valence-corrected chi connectivity index (χ1v) is 11.6. The number of amides is 2. The highest BCUT2D eigenvalue weighted by atomic mass is 16.5. The summed E-state index contributed by atoms with van der Waals surface area (Å²) in [5, 5.41) is 11.5. The minimum absolute atomic E-state index is 0.0613. The maximum Gasteiger partial charge on any atom is 0.408 e. The van der Waals surface area contributed by atoms with Gasteiger partial charge < -0.3 is 24.8 Å². The highest BCUT2D eigenvalue weighted by molar-refractivity contribution is 5.90. The average molecular weight is 467 g/mol. The molecule has 2 N–H and O–H groups in total. The van der Waals surface area contributed by atoms with Crippen molar-refractivity contribution >= 4 is 18.0 Å². The lowest BCUT2D eigenvalue weighted by molar-refractivity contribution is -0.158. The van der Waals surface area contributed by atoms with Gasteiger partial charge in [-0.05, 0) is 35.6 Å². The largest absolute Gasteiger partial charge is 0.480 e. The van der Waals surface area contributed by atoms with Gasteiger partial charge in [0.1, 0.15) is 18.8 Å². The third-order valence-corrected chi connectivity index (χ3v) is 6.52. The van der Waals surface area contributed by atoms with E-state index in [9.17, 15) is 14.4 Å². The van der Waals surface area contributed by atoms with E-state index >= 15 is 0 Å². The molecule has 1 fully saturated rings. The highest BCUT2D eigenvalue weighted by Crippen LogP contribution is 2.44. The van der Waals surface area contributed by atoms with Gasteiger partial charge in [-0.1, -0.05) is 61.9 Å². The van der Waals surface area contributed by atoms with Crippen LogP contribution in [0.1, 0.15) is 43.7 Å². The molecule has 180 valence electrons. The molecule has 0 aromatic heterocycles. The van der Waals surface area contributed by atoms with Crippen LogP contribution in [-0.4, -0.2) is 65.9 Å². The second-order valence-electron chi connectivity index (χ2n) is 9.07. The molecular weight excluding hydrogens is 436 g/mol. The molecule has 2 aromatic carbocycles. The van der Waals surface area contributed by atoms with Gasteiger partial charge in [-0.2, -0.15) is 0 Å². The number of hydrogen-bond donors (Lipinski definition) is 2. The molecule has 1 heterocycles. The minimum Gasteiger partial charge on any atom is -0.480 e. The smallest absolute Gasteiger partial charge is 0.408 e. The topological polar surface area (TPSA) is 105 Å². The Morgan fingerprint density at radius 2 is 1.65 bits per heavy atom. The molecule has 1 atom stereocenters. The van der Waals surface area contributed by atoms with E-state index in [1.165, 1.54) is 0 Å². The van der Waals surface area contributed by atoms with Crippen LogP contribution in [0.15, 0.2) is 48.5 Å². The van der Waals surface area contributed by atoms with Crippen molar-refractivity contribution in [2.75, 3.05) is 26.3 Å². The van der Waals surface area contributed by atoms with E-state index in [0.717, 1.165) is 22.3 Å². The Labute approximate surface area is 198 Å². The number of fused-ring (bicyclic) bond motifs is 3. The van der Waals surface area contributed by atoms with Crippen LogP contribution < -0.4 is 5.32 Å². The molecule has 34 heavy (non-hydrogen) atoms. The normalized spacial score (nSPS) is 16.7. The Balaban J connectivity index is 1.37. The van der Waals surface area contributed by atoms with Crippen molar-refractivity contribution in [3.8, 4) is 11.1 Å². The highest BCUT2D eigenvalue weighted by Gasteiger charge is 2.43. The first-order valence-electron chi connectivity index (χ1n) is 11.6. The number of carboxylic acids is 1. The lowest BCUT2D eigenvalue weighted by Gasteiger charge is -2.43. The second kappa shape index (κ2) is 9.85. The Hall–Kier alpha value is -3.39. The van der Waals surface area contributed by atoms with Gasteiger partial charge in [-0.15, -0.1) is 0 Å². The number of likely N-dealkylation sites (tertiary alicyclic amines) is 1. The van der Waals surface area contributed by atoms with Crippen molar-refractivity contribution in [1.29, 1.82) is 0 Å². The summed E-state index contributed by atoms with van der Waals surface area (Å²) in [6.07, 6.45) is 0.206. The van der Waals surface area contributed by atoms with E-state index in [-0.39, 0.29) is 24.5 Å². The van der Waals surface area contributed by atoms with E-state index in [1.807, 2.05) is 31.2 Å². The van der Waals surface area contributed by atoms with Crippen LogP contribution in [0.4, 0.5) is 4.79 Å². The fraction of sp³-hybridized carbons (Fsp3) is 0.423. The molecule has 2 amide bonds. The fourth-order valence-electron chi connectivity index (χ4n) is 4.83. The summed E-state index contributed by atoms with van der Waals surface area (Å²) in [4.78, 5) is 38.1. The summed E-state index contributed by atoms with van der Waals surface area (Å²) in [6.45, 7) is 4.03. The van der Waals surface area contributed by atoms with Crippen LogP contribution in [-0.2, 0) is 19.1 Å². The number of rotatable bonds is 9. The SMILES string of the molecule is CCCC(C)(NC(=O)OCC1c2ccccc2-c2ccccc21)C(=O)N1CC(OCC(=O)O)C1. The van der Waals surface area contributed by atoms with Gasteiger partial charge in [-0.25, -0.2) is 9.59 Å². The molecule has 2 aromatic rings. The summed E-state index contributed by atoms with van der Waals surface area (Å²) in [5.74, 6) is -1.33. The molecular formula is C26H30N2O6. The summed E-state index contributed by atoms with van der Waals surface area (Å²) >= 11 is 0.